The number of amides is 1. The highest BCUT2D eigenvalue weighted by Crippen LogP contribution is 2.44. The van der Waals surface area contributed by atoms with Crippen molar-refractivity contribution in [3.05, 3.63) is 95.1 Å². The minimum atomic E-state index is -1.07. The van der Waals surface area contributed by atoms with E-state index < -0.39 is 18.1 Å². The molecule has 1 aliphatic carbocycles. The Hall–Kier alpha value is -3.60. The average Bonchev–Trinajstić information content (AvgIpc) is 3.10. The number of nitrogens with one attached hydrogen (secondary N) is 1. The summed E-state index contributed by atoms with van der Waals surface area (Å²) in [5.41, 5.74) is 6.70. The van der Waals surface area contributed by atoms with E-state index in [9.17, 15) is 14.7 Å². The van der Waals surface area contributed by atoms with Crippen LogP contribution in [0.1, 0.15) is 34.6 Å². The number of hydrogen-bond acceptors (Lipinski definition) is 3. The lowest BCUT2D eigenvalue weighted by atomic mass is 9.98. The Bertz CT molecular complexity index is 1060. The van der Waals surface area contributed by atoms with Crippen LogP contribution in [-0.2, 0) is 16.0 Å². The predicted molar refractivity (Wildman–Crippen MR) is 119 cm³/mol. The van der Waals surface area contributed by atoms with Gasteiger partial charge in [-0.1, -0.05) is 72.8 Å². The number of carbonyl (C=O) groups is 2. The second-order valence-corrected chi connectivity index (χ2v) is 7.83. The van der Waals surface area contributed by atoms with Crippen LogP contribution in [0.4, 0.5) is 4.79 Å². The number of carboxylic acids is 1. The van der Waals surface area contributed by atoms with Gasteiger partial charge < -0.3 is 15.2 Å². The molecule has 0 spiro atoms. The maximum atomic E-state index is 12.4. The monoisotopic (exact) mass is 415 g/mol. The number of rotatable bonds is 7. The summed E-state index contributed by atoms with van der Waals surface area (Å²) in [5.74, 6) is -1.13. The Morgan fingerprint density at radius 2 is 1.52 bits per heavy atom. The number of alkyl carbamates (subject to hydrolysis) is 1. The molecule has 3 aromatic rings. The molecule has 0 saturated carbocycles. The molecular formula is C26H25NO4. The van der Waals surface area contributed by atoms with Crippen LogP contribution in [0.25, 0.3) is 11.1 Å². The SMILES string of the molecule is Cc1ccccc1CCC(NC(=O)OCC1c2ccccc2-c2ccccc21)C(=O)O. The summed E-state index contributed by atoms with van der Waals surface area (Å²) >= 11 is 0. The van der Waals surface area contributed by atoms with Gasteiger partial charge in [0, 0.05) is 5.92 Å². The molecule has 5 nitrogen and oxygen atoms in total. The maximum Gasteiger partial charge on any atom is 0.407 e. The zero-order chi connectivity index (χ0) is 21.8. The van der Waals surface area contributed by atoms with E-state index in [1.54, 1.807) is 0 Å². The molecule has 3 aromatic carbocycles. The molecule has 2 N–H and O–H groups in total. The Morgan fingerprint density at radius 1 is 0.935 bits per heavy atom. The average molecular weight is 415 g/mol. The zero-order valence-corrected chi connectivity index (χ0v) is 17.4. The quantitative estimate of drug-likeness (QED) is 0.574. The molecule has 1 atom stereocenters. The summed E-state index contributed by atoms with van der Waals surface area (Å²) in [5, 5.41) is 12.1. The number of carboxylic acid groups (broad SMARTS) is 1. The molecule has 0 aromatic heterocycles. The Labute approximate surface area is 181 Å². The molecule has 0 bridgehead atoms. The fraction of sp³-hybridized carbons (Fsp3) is 0.231. The number of fused-ring (bicyclic) bond motifs is 3. The van der Waals surface area contributed by atoms with Gasteiger partial charge in [0.2, 0.25) is 0 Å². The number of hydrogen-bond donors (Lipinski definition) is 2. The molecule has 1 amide bonds. The van der Waals surface area contributed by atoms with Crippen molar-refractivity contribution >= 4 is 12.1 Å². The first-order chi connectivity index (χ1) is 15.0. The van der Waals surface area contributed by atoms with Gasteiger partial charge in [-0.3, -0.25) is 0 Å². The first-order valence-corrected chi connectivity index (χ1v) is 10.4. The molecule has 0 saturated heterocycles. The van der Waals surface area contributed by atoms with Crippen molar-refractivity contribution in [2.24, 2.45) is 0 Å². The summed E-state index contributed by atoms with van der Waals surface area (Å²) in [6.45, 7) is 2.15. The van der Waals surface area contributed by atoms with Crippen molar-refractivity contribution in [2.75, 3.05) is 6.61 Å². The van der Waals surface area contributed by atoms with Gasteiger partial charge in [0.1, 0.15) is 12.6 Å². The van der Waals surface area contributed by atoms with Crippen LogP contribution in [0.3, 0.4) is 0 Å². The van der Waals surface area contributed by atoms with Gasteiger partial charge in [0.05, 0.1) is 0 Å². The molecule has 5 heteroatoms. The molecule has 0 radical (unpaired) electrons. The molecular weight excluding hydrogens is 390 g/mol. The van der Waals surface area contributed by atoms with Crippen molar-refractivity contribution in [1.82, 2.24) is 5.32 Å². The van der Waals surface area contributed by atoms with Crippen LogP contribution in [0, 0.1) is 6.92 Å². The number of ether oxygens (including phenoxy) is 1. The van der Waals surface area contributed by atoms with E-state index in [0.717, 1.165) is 33.4 Å². The van der Waals surface area contributed by atoms with Crippen molar-refractivity contribution in [3.63, 3.8) is 0 Å². The number of aliphatic carboxylic acids is 1. The summed E-state index contributed by atoms with van der Waals surface area (Å²) in [6.07, 6.45) is 0.150. The highest BCUT2D eigenvalue weighted by atomic mass is 16.5. The van der Waals surface area contributed by atoms with E-state index in [4.69, 9.17) is 4.74 Å². The first-order valence-electron chi connectivity index (χ1n) is 10.4. The molecule has 1 unspecified atom stereocenters. The highest BCUT2D eigenvalue weighted by Gasteiger charge is 2.29. The van der Waals surface area contributed by atoms with Gasteiger partial charge in [0.15, 0.2) is 0 Å². The van der Waals surface area contributed by atoms with Crippen LogP contribution < -0.4 is 5.32 Å². The number of carbonyl (C=O) groups excluding carboxylic acids is 1. The molecule has 0 aliphatic heterocycles. The number of aryl methyl sites for hydroxylation is 2. The molecule has 31 heavy (non-hydrogen) atoms. The predicted octanol–water partition coefficient (Wildman–Crippen LogP) is 4.92. The Kier molecular flexibility index (Phi) is 6.03. The molecule has 0 heterocycles. The van der Waals surface area contributed by atoms with Crippen molar-refractivity contribution < 1.29 is 19.4 Å². The van der Waals surface area contributed by atoms with Crippen molar-refractivity contribution in [2.45, 2.75) is 31.7 Å². The molecule has 4 rings (SSSR count). The summed E-state index contributed by atoms with van der Waals surface area (Å²) in [7, 11) is 0. The van der Waals surface area contributed by atoms with E-state index in [-0.39, 0.29) is 12.5 Å². The van der Waals surface area contributed by atoms with Gasteiger partial charge >= 0.3 is 12.1 Å². The lowest BCUT2D eigenvalue weighted by Crippen LogP contribution is -2.41. The Balaban J connectivity index is 1.39. The zero-order valence-electron chi connectivity index (χ0n) is 17.4. The highest BCUT2D eigenvalue weighted by molar-refractivity contribution is 5.81. The van der Waals surface area contributed by atoms with Gasteiger partial charge in [-0.25, -0.2) is 9.59 Å². The normalized spacial score (nSPS) is 13.2. The third-order valence-corrected chi connectivity index (χ3v) is 5.90. The van der Waals surface area contributed by atoms with Crippen molar-refractivity contribution in [3.8, 4) is 11.1 Å². The van der Waals surface area contributed by atoms with Crippen LogP contribution in [0.5, 0.6) is 0 Å². The minimum Gasteiger partial charge on any atom is -0.480 e. The first kappa shape index (κ1) is 20.7. The minimum absolute atomic E-state index is 0.0617. The second kappa shape index (κ2) is 9.04. The van der Waals surface area contributed by atoms with E-state index >= 15 is 0 Å². The van der Waals surface area contributed by atoms with E-state index in [1.165, 1.54) is 0 Å². The lowest BCUT2D eigenvalue weighted by Gasteiger charge is -2.18. The molecule has 158 valence electrons. The van der Waals surface area contributed by atoms with Crippen LogP contribution in [0.2, 0.25) is 0 Å². The van der Waals surface area contributed by atoms with E-state index in [0.29, 0.717) is 12.8 Å². The van der Waals surface area contributed by atoms with Crippen LogP contribution >= 0.6 is 0 Å². The fourth-order valence-electron chi connectivity index (χ4n) is 4.23. The van der Waals surface area contributed by atoms with Gasteiger partial charge in [-0.2, -0.15) is 0 Å². The smallest absolute Gasteiger partial charge is 0.407 e. The fourth-order valence-corrected chi connectivity index (χ4v) is 4.23. The Morgan fingerprint density at radius 3 is 2.13 bits per heavy atom. The van der Waals surface area contributed by atoms with Crippen LogP contribution in [-0.4, -0.2) is 29.8 Å². The van der Waals surface area contributed by atoms with E-state index in [2.05, 4.69) is 17.4 Å². The third-order valence-electron chi connectivity index (χ3n) is 5.90. The molecule has 1 aliphatic rings. The summed E-state index contributed by atoms with van der Waals surface area (Å²) < 4.78 is 5.48. The topological polar surface area (TPSA) is 75.6 Å². The lowest BCUT2D eigenvalue weighted by molar-refractivity contribution is -0.139. The molecule has 0 fully saturated rings. The third kappa shape index (κ3) is 4.45. The van der Waals surface area contributed by atoms with Gasteiger partial charge in [0.25, 0.3) is 0 Å². The second-order valence-electron chi connectivity index (χ2n) is 7.83. The van der Waals surface area contributed by atoms with Gasteiger partial charge in [-0.05, 0) is 53.1 Å². The van der Waals surface area contributed by atoms with Crippen molar-refractivity contribution in [1.29, 1.82) is 0 Å². The number of benzene rings is 3. The summed E-state index contributed by atoms with van der Waals surface area (Å²) in [6, 6.07) is 23.0. The summed E-state index contributed by atoms with van der Waals surface area (Å²) in [4.78, 5) is 24.1. The van der Waals surface area contributed by atoms with Crippen LogP contribution in [0.15, 0.2) is 72.8 Å². The largest absolute Gasteiger partial charge is 0.480 e. The van der Waals surface area contributed by atoms with E-state index in [1.807, 2.05) is 67.6 Å². The maximum absolute atomic E-state index is 12.4. The standard InChI is InChI=1S/C26H25NO4/c1-17-8-2-3-9-18(17)14-15-24(25(28)29)27-26(30)31-16-23-21-12-6-4-10-19(21)20-11-5-7-13-22(20)23/h2-13,23-24H,14-16H2,1H3,(H,27,30)(H,28,29). The van der Waals surface area contributed by atoms with Gasteiger partial charge in [-0.15, -0.1) is 0 Å².